The molecule has 1 saturated heterocycles. The van der Waals surface area contributed by atoms with E-state index in [1.165, 1.54) is 13.2 Å². The molecule has 3 atom stereocenters. The Morgan fingerprint density at radius 2 is 1.61 bits per heavy atom. The van der Waals surface area contributed by atoms with Crippen LogP contribution in [-0.2, 0) is 17.6 Å². The van der Waals surface area contributed by atoms with Crippen molar-refractivity contribution in [2.45, 2.75) is 24.7 Å². The molecule has 2 unspecified atom stereocenters. The molecule has 0 radical (unpaired) electrons. The summed E-state index contributed by atoms with van der Waals surface area (Å²) in [7, 11) is 4.60. The fourth-order valence-electron chi connectivity index (χ4n) is 3.62. The van der Waals surface area contributed by atoms with Crippen molar-refractivity contribution < 1.29 is 34.3 Å². The van der Waals surface area contributed by atoms with Gasteiger partial charge in [0.2, 0.25) is 0 Å². The molecule has 3 N–H and O–H groups in total. The van der Waals surface area contributed by atoms with Gasteiger partial charge in [0.1, 0.15) is 5.60 Å². The van der Waals surface area contributed by atoms with Crippen LogP contribution in [0.2, 0.25) is 0 Å². The van der Waals surface area contributed by atoms with Crippen molar-refractivity contribution in [1.29, 1.82) is 0 Å². The van der Waals surface area contributed by atoms with Crippen molar-refractivity contribution in [3.63, 3.8) is 0 Å². The molecule has 1 aliphatic rings. The number of phenolic OH excluding ortho intramolecular Hbond substituents is 1. The highest BCUT2D eigenvalue weighted by Crippen LogP contribution is 2.38. The van der Waals surface area contributed by atoms with E-state index in [4.69, 9.17) is 18.9 Å². The smallest absolute Gasteiger partial charge is 0.184 e. The van der Waals surface area contributed by atoms with Crippen LogP contribution in [0, 0.1) is 5.92 Å². The van der Waals surface area contributed by atoms with Gasteiger partial charge in [0.15, 0.2) is 29.3 Å². The molecule has 7 heteroatoms. The summed E-state index contributed by atoms with van der Waals surface area (Å²) in [6.07, 6.45) is -0.663. The lowest BCUT2D eigenvalue weighted by Gasteiger charge is -2.31. The molecule has 1 heterocycles. The summed E-state index contributed by atoms with van der Waals surface area (Å²) in [6, 6.07) is 10.4. The molecule has 0 amide bonds. The van der Waals surface area contributed by atoms with Crippen LogP contribution in [0.3, 0.4) is 0 Å². The molecule has 1 aliphatic heterocycles. The number of phenols is 1. The van der Waals surface area contributed by atoms with E-state index in [0.29, 0.717) is 23.7 Å². The van der Waals surface area contributed by atoms with E-state index in [1.54, 1.807) is 26.4 Å². The number of methoxy groups -OCH3 is 3. The summed E-state index contributed by atoms with van der Waals surface area (Å²) in [4.78, 5) is 0. The highest BCUT2D eigenvalue weighted by Gasteiger charge is 2.49. The minimum atomic E-state index is -1.48. The molecule has 2 aromatic carbocycles. The molecule has 7 nitrogen and oxygen atoms in total. The molecule has 0 aliphatic carbocycles. The van der Waals surface area contributed by atoms with E-state index in [2.05, 4.69) is 0 Å². The van der Waals surface area contributed by atoms with Gasteiger partial charge in [0.25, 0.3) is 0 Å². The van der Waals surface area contributed by atoms with Gasteiger partial charge < -0.3 is 34.3 Å². The maximum absolute atomic E-state index is 11.3. The third-order valence-corrected chi connectivity index (χ3v) is 5.25. The highest BCUT2D eigenvalue weighted by atomic mass is 16.6. The van der Waals surface area contributed by atoms with Crippen LogP contribution in [0.25, 0.3) is 0 Å². The molecule has 0 aromatic heterocycles. The maximum Gasteiger partial charge on any atom is 0.184 e. The van der Waals surface area contributed by atoms with E-state index < -0.39 is 11.9 Å². The summed E-state index contributed by atoms with van der Waals surface area (Å²) < 4.78 is 21.1. The largest absolute Gasteiger partial charge is 0.504 e. The highest BCUT2D eigenvalue weighted by molar-refractivity contribution is 5.44. The zero-order chi connectivity index (χ0) is 20.3. The van der Waals surface area contributed by atoms with Crippen LogP contribution in [0.1, 0.15) is 11.1 Å². The summed E-state index contributed by atoms with van der Waals surface area (Å²) in [5, 5.41) is 31.4. The first-order chi connectivity index (χ1) is 13.4. The fraction of sp³-hybridized carbons (Fsp3) is 0.429. The van der Waals surface area contributed by atoms with Gasteiger partial charge in [-0.25, -0.2) is 0 Å². The third kappa shape index (κ3) is 3.87. The third-order valence-electron chi connectivity index (χ3n) is 5.25. The van der Waals surface area contributed by atoms with Gasteiger partial charge in [-0.2, -0.15) is 0 Å². The first-order valence-corrected chi connectivity index (χ1v) is 9.00. The van der Waals surface area contributed by atoms with Crippen molar-refractivity contribution in [2.24, 2.45) is 5.92 Å². The van der Waals surface area contributed by atoms with Crippen molar-refractivity contribution in [3.05, 3.63) is 47.5 Å². The number of benzene rings is 2. The summed E-state index contributed by atoms with van der Waals surface area (Å²) in [6.45, 7) is 0.223. The first kappa shape index (κ1) is 20.3. The Morgan fingerprint density at radius 1 is 0.964 bits per heavy atom. The minimum absolute atomic E-state index is 0.0170. The second kappa shape index (κ2) is 8.26. The molecular formula is C21H26O7. The van der Waals surface area contributed by atoms with E-state index in [9.17, 15) is 15.3 Å². The SMILES string of the molecule is COc1cc(C[C@]2(O)C(Cc3ccc(OC)c(OC)c3)COC2O)ccc1O. The van der Waals surface area contributed by atoms with E-state index in [-0.39, 0.29) is 24.7 Å². The Balaban J connectivity index is 1.83. The first-order valence-electron chi connectivity index (χ1n) is 9.00. The predicted octanol–water partition coefficient (Wildman–Crippen LogP) is 1.90. The fourth-order valence-corrected chi connectivity index (χ4v) is 3.62. The number of rotatable bonds is 7. The maximum atomic E-state index is 11.3. The van der Waals surface area contributed by atoms with Gasteiger partial charge in [0.05, 0.1) is 27.9 Å². The van der Waals surface area contributed by atoms with E-state index >= 15 is 0 Å². The lowest BCUT2D eigenvalue weighted by Crippen LogP contribution is -2.46. The molecule has 152 valence electrons. The van der Waals surface area contributed by atoms with E-state index in [0.717, 1.165) is 11.1 Å². The standard InChI is InChI=1S/C21H26O7/c1-25-17-7-5-13(9-19(17)27-3)8-15-12-28-20(23)21(15,24)11-14-4-6-16(22)18(10-14)26-2/h4-7,9-10,15,20,22-24H,8,11-12H2,1-3H3/t15?,20?,21-/m0/s1. The van der Waals surface area contributed by atoms with Crippen LogP contribution in [-0.4, -0.2) is 55.1 Å². The van der Waals surface area contributed by atoms with Crippen molar-refractivity contribution in [2.75, 3.05) is 27.9 Å². The Bertz CT molecular complexity index is 822. The topological polar surface area (TPSA) is 97.6 Å². The van der Waals surface area contributed by atoms with Crippen molar-refractivity contribution >= 4 is 0 Å². The van der Waals surface area contributed by atoms with E-state index in [1.807, 2.05) is 18.2 Å². The number of hydrogen-bond donors (Lipinski definition) is 3. The Hall–Kier alpha value is -2.48. The van der Waals surface area contributed by atoms with Gasteiger partial charge in [0, 0.05) is 12.3 Å². The normalized spacial score (nSPS) is 24.2. The monoisotopic (exact) mass is 390 g/mol. The quantitative estimate of drug-likeness (QED) is 0.664. The molecule has 0 saturated carbocycles. The lowest BCUT2D eigenvalue weighted by atomic mass is 9.80. The summed E-state index contributed by atoms with van der Waals surface area (Å²) in [5.74, 6) is 1.22. The van der Waals surface area contributed by atoms with Gasteiger partial charge in [-0.3, -0.25) is 0 Å². The molecular weight excluding hydrogens is 364 g/mol. The molecule has 1 fully saturated rings. The number of aliphatic hydroxyl groups excluding tert-OH is 1. The van der Waals surface area contributed by atoms with Crippen LogP contribution in [0.15, 0.2) is 36.4 Å². The molecule has 2 aromatic rings. The van der Waals surface area contributed by atoms with Crippen molar-refractivity contribution in [1.82, 2.24) is 0 Å². The number of hydrogen-bond acceptors (Lipinski definition) is 7. The Labute approximate surface area is 164 Å². The lowest BCUT2D eigenvalue weighted by molar-refractivity contribution is -0.163. The number of ether oxygens (including phenoxy) is 4. The summed E-state index contributed by atoms with van der Waals surface area (Å²) >= 11 is 0. The van der Waals surface area contributed by atoms with Crippen LogP contribution < -0.4 is 14.2 Å². The van der Waals surface area contributed by atoms with Gasteiger partial charge >= 0.3 is 0 Å². The zero-order valence-electron chi connectivity index (χ0n) is 16.2. The Morgan fingerprint density at radius 3 is 2.29 bits per heavy atom. The number of aliphatic hydroxyl groups is 2. The van der Waals surface area contributed by atoms with Crippen LogP contribution >= 0.6 is 0 Å². The molecule has 28 heavy (non-hydrogen) atoms. The van der Waals surface area contributed by atoms with Gasteiger partial charge in [-0.15, -0.1) is 0 Å². The minimum Gasteiger partial charge on any atom is -0.504 e. The van der Waals surface area contributed by atoms with Crippen LogP contribution in [0.5, 0.6) is 23.0 Å². The average Bonchev–Trinajstić information content (AvgIpc) is 2.97. The van der Waals surface area contributed by atoms with Crippen molar-refractivity contribution in [3.8, 4) is 23.0 Å². The van der Waals surface area contributed by atoms with Crippen LogP contribution in [0.4, 0.5) is 0 Å². The molecule has 3 rings (SSSR count). The molecule has 0 spiro atoms. The zero-order valence-corrected chi connectivity index (χ0v) is 16.2. The van der Waals surface area contributed by atoms with Gasteiger partial charge in [-0.05, 0) is 41.8 Å². The number of aromatic hydroxyl groups is 1. The summed E-state index contributed by atoms with van der Waals surface area (Å²) in [5.41, 5.74) is 0.177. The second-order valence-electron chi connectivity index (χ2n) is 6.95. The second-order valence-corrected chi connectivity index (χ2v) is 6.95. The molecule has 0 bridgehead atoms. The Kier molecular flexibility index (Phi) is 5.98. The average molecular weight is 390 g/mol. The predicted molar refractivity (Wildman–Crippen MR) is 102 cm³/mol. The van der Waals surface area contributed by atoms with Gasteiger partial charge in [-0.1, -0.05) is 12.1 Å².